The smallest absolute Gasteiger partial charge is 0.245 e. The van der Waals surface area contributed by atoms with E-state index in [4.69, 9.17) is 5.21 Å². The standard InChI is InChI=1S/C21H29N3O4/c1-14-4-6-17(7-5-14)21(3)9-11-24(20(21)27)18(12-19(26)22-28)16-8-10-23(13-16)15(2)25/h4-7,16,18,28H,8-13H2,1-3H3,(H,22,26). The van der Waals surface area contributed by atoms with Gasteiger partial charge in [-0.1, -0.05) is 29.8 Å². The first kappa shape index (κ1) is 20.3. The number of hydrogen-bond donors (Lipinski definition) is 2. The zero-order valence-corrected chi connectivity index (χ0v) is 16.8. The highest BCUT2D eigenvalue weighted by molar-refractivity contribution is 5.90. The average Bonchev–Trinajstić information content (AvgIpc) is 3.27. The number of carbonyl (C=O) groups is 3. The molecule has 28 heavy (non-hydrogen) atoms. The van der Waals surface area contributed by atoms with Crippen LogP contribution in [0, 0.1) is 12.8 Å². The molecule has 0 aromatic heterocycles. The molecule has 3 unspecified atom stereocenters. The SMILES string of the molecule is CC(=O)N1CCC(C(CC(=O)NO)N2CCC(C)(c3ccc(C)cc3)C2=O)C1. The van der Waals surface area contributed by atoms with Crippen LogP contribution in [0.4, 0.5) is 0 Å². The number of nitrogens with zero attached hydrogens (tertiary/aromatic N) is 2. The van der Waals surface area contributed by atoms with Crippen molar-refractivity contribution in [2.24, 2.45) is 5.92 Å². The zero-order valence-electron chi connectivity index (χ0n) is 16.8. The largest absolute Gasteiger partial charge is 0.343 e. The monoisotopic (exact) mass is 387 g/mol. The van der Waals surface area contributed by atoms with Crippen LogP contribution in [0.15, 0.2) is 24.3 Å². The molecule has 0 bridgehead atoms. The molecular weight excluding hydrogens is 358 g/mol. The van der Waals surface area contributed by atoms with E-state index >= 15 is 0 Å². The molecule has 2 aliphatic heterocycles. The van der Waals surface area contributed by atoms with E-state index in [9.17, 15) is 14.4 Å². The molecule has 2 N–H and O–H groups in total. The summed E-state index contributed by atoms with van der Waals surface area (Å²) >= 11 is 0. The van der Waals surface area contributed by atoms with Gasteiger partial charge < -0.3 is 9.80 Å². The van der Waals surface area contributed by atoms with Crippen LogP contribution in [0.3, 0.4) is 0 Å². The molecule has 0 radical (unpaired) electrons. The predicted molar refractivity (Wildman–Crippen MR) is 104 cm³/mol. The predicted octanol–water partition coefficient (Wildman–Crippen LogP) is 1.62. The van der Waals surface area contributed by atoms with Crippen molar-refractivity contribution in [2.75, 3.05) is 19.6 Å². The quantitative estimate of drug-likeness (QED) is 0.593. The summed E-state index contributed by atoms with van der Waals surface area (Å²) < 4.78 is 0. The van der Waals surface area contributed by atoms with Gasteiger partial charge in [0, 0.05) is 39.0 Å². The van der Waals surface area contributed by atoms with Crippen molar-refractivity contribution in [1.29, 1.82) is 0 Å². The molecule has 7 heteroatoms. The second-order valence-electron chi connectivity index (χ2n) is 8.27. The number of benzene rings is 1. The van der Waals surface area contributed by atoms with Gasteiger partial charge in [0.25, 0.3) is 0 Å². The first-order chi connectivity index (χ1) is 13.3. The number of hydrogen-bond acceptors (Lipinski definition) is 4. The minimum atomic E-state index is -0.624. The van der Waals surface area contributed by atoms with Gasteiger partial charge >= 0.3 is 0 Å². The van der Waals surface area contributed by atoms with Crippen LogP contribution in [-0.2, 0) is 19.8 Å². The second-order valence-corrected chi connectivity index (χ2v) is 8.27. The fraction of sp³-hybridized carbons (Fsp3) is 0.571. The highest BCUT2D eigenvalue weighted by Crippen LogP contribution is 2.39. The Hall–Kier alpha value is -2.41. The van der Waals surface area contributed by atoms with Crippen LogP contribution in [0.2, 0.25) is 0 Å². The summed E-state index contributed by atoms with van der Waals surface area (Å²) in [6.45, 7) is 7.23. The Morgan fingerprint density at radius 3 is 2.54 bits per heavy atom. The van der Waals surface area contributed by atoms with Crippen molar-refractivity contribution in [3.05, 3.63) is 35.4 Å². The summed E-state index contributed by atoms with van der Waals surface area (Å²) in [6.07, 6.45) is 1.45. The van der Waals surface area contributed by atoms with E-state index in [1.54, 1.807) is 15.3 Å². The normalized spacial score (nSPS) is 25.9. The minimum absolute atomic E-state index is 0.00472. The van der Waals surface area contributed by atoms with Crippen LogP contribution in [0.1, 0.15) is 44.2 Å². The molecule has 3 atom stereocenters. The molecule has 2 saturated heterocycles. The van der Waals surface area contributed by atoms with Crippen molar-refractivity contribution in [3.63, 3.8) is 0 Å². The third-order valence-electron chi connectivity index (χ3n) is 6.41. The van der Waals surface area contributed by atoms with Gasteiger partial charge in [-0.2, -0.15) is 0 Å². The summed E-state index contributed by atoms with van der Waals surface area (Å²) in [4.78, 5) is 40.7. The summed E-state index contributed by atoms with van der Waals surface area (Å²) in [5, 5.41) is 9.01. The number of hydroxylamine groups is 1. The van der Waals surface area contributed by atoms with Crippen molar-refractivity contribution >= 4 is 17.7 Å². The molecule has 3 amide bonds. The second kappa shape index (κ2) is 7.91. The first-order valence-electron chi connectivity index (χ1n) is 9.83. The summed E-state index contributed by atoms with van der Waals surface area (Å²) in [7, 11) is 0. The Bertz CT molecular complexity index is 763. The summed E-state index contributed by atoms with van der Waals surface area (Å²) in [5.74, 6) is -0.480. The lowest BCUT2D eigenvalue weighted by Crippen LogP contribution is -2.48. The van der Waals surface area contributed by atoms with E-state index in [1.807, 2.05) is 38.1 Å². The molecule has 0 spiro atoms. The Labute approximate surface area is 165 Å². The number of rotatable bonds is 5. The van der Waals surface area contributed by atoms with Crippen molar-refractivity contribution in [1.82, 2.24) is 15.3 Å². The number of carbonyl (C=O) groups excluding carboxylic acids is 3. The third kappa shape index (κ3) is 3.76. The van der Waals surface area contributed by atoms with Gasteiger partial charge in [-0.3, -0.25) is 19.6 Å². The highest BCUT2D eigenvalue weighted by atomic mass is 16.5. The molecule has 2 aliphatic rings. The molecule has 1 aromatic rings. The molecule has 0 saturated carbocycles. The van der Waals surface area contributed by atoms with Gasteiger partial charge in [-0.05, 0) is 38.2 Å². The van der Waals surface area contributed by atoms with E-state index < -0.39 is 11.3 Å². The lowest BCUT2D eigenvalue weighted by Gasteiger charge is -2.34. The Balaban J connectivity index is 1.84. The lowest BCUT2D eigenvalue weighted by molar-refractivity contribution is -0.137. The molecule has 2 heterocycles. The third-order valence-corrected chi connectivity index (χ3v) is 6.41. The van der Waals surface area contributed by atoms with Crippen LogP contribution >= 0.6 is 0 Å². The maximum atomic E-state index is 13.4. The maximum absolute atomic E-state index is 13.4. The van der Waals surface area contributed by atoms with Gasteiger partial charge in [-0.25, -0.2) is 5.48 Å². The summed E-state index contributed by atoms with van der Waals surface area (Å²) in [5.41, 5.74) is 3.19. The van der Waals surface area contributed by atoms with Crippen molar-refractivity contribution in [3.8, 4) is 0 Å². The summed E-state index contributed by atoms with van der Waals surface area (Å²) in [6, 6.07) is 7.68. The fourth-order valence-corrected chi connectivity index (χ4v) is 4.53. The molecule has 1 aromatic carbocycles. The van der Waals surface area contributed by atoms with Crippen LogP contribution in [0.5, 0.6) is 0 Å². The fourth-order valence-electron chi connectivity index (χ4n) is 4.53. The Kier molecular flexibility index (Phi) is 5.74. The lowest BCUT2D eigenvalue weighted by atomic mass is 9.80. The van der Waals surface area contributed by atoms with E-state index in [0.717, 1.165) is 17.5 Å². The molecule has 152 valence electrons. The van der Waals surface area contributed by atoms with Crippen molar-refractivity contribution in [2.45, 2.75) is 51.5 Å². The zero-order chi connectivity index (χ0) is 20.5. The van der Waals surface area contributed by atoms with Gasteiger partial charge in [0.15, 0.2) is 0 Å². The first-order valence-corrected chi connectivity index (χ1v) is 9.83. The molecule has 7 nitrogen and oxygen atoms in total. The number of aryl methyl sites for hydroxylation is 1. The van der Waals surface area contributed by atoms with Gasteiger partial charge in [0.2, 0.25) is 17.7 Å². The van der Waals surface area contributed by atoms with E-state index in [0.29, 0.717) is 26.1 Å². The van der Waals surface area contributed by atoms with Crippen LogP contribution in [0.25, 0.3) is 0 Å². The topological polar surface area (TPSA) is 89.9 Å². The van der Waals surface area contributed by atoms with Gasteiger partial charge in [0.1, 0.15) is 0 Å². The molecule has 3 rings (SSSR count). The minimum Gasteiger partial charge on any atom is -0.343 e. The number of nitrogens with one attached hydrogen (secondary N) is 1. The Morgan fingerprint density at radius 2 is 1.96 bits per heavy atom. The van der Waals surface area contributed by atoms with Gasteiger partial charge in [0.05, 0.1) is 5.41 Å². The number of amides is 3. The van der Waals surface area contributed by atoms with Crippen molar-refractivity contribution < 1.29 is 19.6 Å². The average molecular weight is 387 g/mol. The maximum Gasteiger partial charge on any atom is 0.245 e. The highest BCUT2D eigenvalue weighted by Gasteiger charge is 2.48. The Morgan fingerprint density at radius 1 is 1.29 bits per heavy atom. The van der Waals surface area contributed by atoms with E-state index in [-0.39, 0.29) is 30.2 Å². The molecule has 0 aliphatic carbocycles. The van der Waals surface area contributed by atoms with E-state index in [2.05, 4.69) is 0 Å². The molecular formula is C21H29N3O4. The van der Waals surface area contributed by atoms with Gasteiger partial charge in [-0.15, -0.1) is 0 Å². The number of likely N-dealkylation sites (tertiary alicyclic amines) is 2. The molecule has 2 fully saturated rings. The van der Waals surface area contributed by atoms with Crippen LogP contribution < -0.4 is 5.48 Å². The van der Waals surface area contributed by atoms with E-state index in [1.165, 1.54) is 6.92 Å². The van der Waals surface area contributed by atoms with Crippen LogP contribution in [-0.4, -0.2) is 58.4 Å².